The largest absolute Gasteiger partial charge is 0.383 e. The van der Waals surface area contributed by atoms with Crippen molar-refractivity contribution in [3.63, 3.8) is 0 Å². The fourth-order valence-corrected chi connectivity index (χ4v) is 7.96. The van der Waals surface area contributed by atoms with Crippen LogP contribution in [-0.4, -0.2) is 42.0 Å². The zero-order valence-corrected chi connectivity index (χ0v) is 21.3. The van der Waals surface area contributed by atoms with Crippen molar-refractivity contribution >= 4 is 32.4 Å². The molecule has 4 aromatic rings. The average Bonchev–Trinajstić information content (AvgIpc) is 3.57. The van der Waals surface area contributed by atoms with Gasteiger partial charge in [0.05, 0.1) is 11.1 Å². The van der Waals surface area contributed by atoms with E-state index in [1.807, 2.05) is 6.07 Å². The van der Waals surface area contributed by atoms with Gasteiger partial charge in [0.1, 0.15) is 21.2 Å². The summed E-state index contributed by atoms with van der Waals surface area (Å²) in [4.78, 5) is 9.66. The fourth-order valence-electron chi connectivity index (χ4n) is 5.04. The lowest BCUT2D eigenvalue weighted by atomic mass is 9.81. The van der Waals surface area contributed by atoms with Crippen LogP contribution in [0.15, 0.2) is 67.2 Å². The Balaban J connectivity index is 1.46. The molecule has 4 heterocycles. The number of thiazole rings is 1. The van der Waals surface area contributed by atoms with Crippen molar-refractivity contribution in [2.24, 2.45) is 7.05 Å². The van der Waals surface area contributed by atoms with Crippen LogP contribution in [0, 0.1) is 0 Å². The number of pyridine rings is 1. The highest BCUT2D eigenvalue weighted by Crippen LogP contribution is 2.46. The lowest BCUT2D eigenvalue weighted by Gasteiger charge is -2.34. The summed E-state index contributed by atoms with van der Waals surface area (Å²) >= 11 is 1.40. The molecule has 2 unspecified atom stereocenters. The van der Waals surface area contributed by atoms with Gasteiger partial charge in [-0.25, -0.2) is 26.7 Å². The van der Waals surface area contributed by atoms with Crippen LogP contribution in [0.25, 0.3) is 21.5 Å². The first-order valence-electron chi connectivity index (χ1n) is 11.6. The topological polar surface area (TPSA) is 103 Å². The summed E-state index contributed by atoms with van der Waals surface area (Å²) in [5, 5.41) is 16.2. The van der Waals surface area contributed by atoms with Crippen LogP contribution >= 0.6 is 11.3 Å². The van der Waals surface area contributed by atoms with Crippen molar-refractivity contribution in [3.8, 4) is 10.4 Å². The molecule has 1 saturated carbocycles. The van der Waals surface area contributed by atoms with Crippen LogP contribution in [0.5, 0.6) is 0 Å². The number of hydrogen-bond donors (Lipinski definition) is 1. The van der Waals surface area contributed by atoms with E-state index in [4.69, 9.17) is 0 Å². The maximum absolute atomic E-state index is 14.5. The van der Waals surface area contributed by atoms with Crippen molar-refractivity contribution in [1.82, 2.24) is 23.7 Å². The monoisotopic (exact) mass is 525 g/mol. The van der Waals surface area contributed by atoms with Crippen molar-refractivity contribution in [2.75, 3.05) is 0 Å². The van der Waals surface area contributed by atoms with Gasteiger partial charge in [0.15, 0.2) is 5.65 Å². The van der Waals surface area contributed by atoms with Gasteiger partial charge in [-0.2, -0.15) is 5.10 Å². The number of nitrogens with zero attached hydrogens (tertiary/aromatic N) is 5. The molecule has 2 aliphatic rings. The van der Waals surface area contributed by atoms with Crippen LogP contribution in [0.3, 0.4) is 0 Å². The molecule has 186 valence electrons. The molecule has 0 bridgehead atoms. The first-order chi connectivity index (χ1) is 17.1. The Hall–Kier alpha value is -3.15. The molecular weight excluding hydrogens is 501 g/mol. The van der Waals surface area contributed by atoms with Crippen LogP contribution in [-0.2, 0) is 22.7 Å². The van der Waals surface area contributed by atoms with E-state index in [9.17, 15) is 17.9 Å². The molecule has 2 atom stereocenters. The lowest BCUT2D eigenvalue weighted by molar-refractivity contribution is -0.0389. The Kier molecular flexibility index (Phi) is 5.12. The highest BCUT2D eigenvalue weighted by Gasteiger charge is 2.48. The number of aromatic nitrogens is 5. The maximum Gasteiger partial charge on any atom is 0.250 e. The van der Waals surface area contributed by atoms with Gasteiger partial charge < -0.3 is 5.11 Å². The predicted octanol–water partition coefficient (Wildman–Crippen LogP) is 4.41. The second kappa shape index (κ2) is 7.92. The number of fused-ring (bicyclic) bond motifs is 1. The second-order valence-electron chi connectivity index (χ2n) is 9.62. The molecule has 6 rings (SSSR count). The third-order valence-corrected chi connectivity index (χ3v) is 10.8. The van der Waals surface area contributed by atoms with Crippen molar-refractivity contribution < 1.29 is 17.9 Å². The number of aliphatic hydroxyl groups is 1. The zero-order valence-electron chi connectivity index (χ0n) is 19.7. The summed E-state index contributed by atoms with van der Waals surface area (Å²) in [5.74, 6) is -1.26. The predicted molar refractivity (Wildman–Crippen MR) is 136 cm³/mol. The second-order valence-corrected chi connectivity index (χ2v) is 12.9. The van der Waals surface area contributed by atoms with Crippen LogP contribution < -0.4 is 0 Å². The van der Waals surface area contributed by atoms with Gasteiger partial charge in [-0.1, -0.05) is 6.08 Å². The molecule has 0 saturated heterocycles. The van der Waals surface area contributed by atoms with Crippen LogP contribution in [0.1, 0.15) is 42.7 Å². The van der Waals surface area contributed by atoms with Crippen LogP contribution in [0.4, 0.5) is 4.39 Å². The zero-order chi connectivity index (χ0) is 25.3. The first kappa shape index (κ1) is 23.3. The molecule has 11 heteroatoms. The van der Waals surface area contributed by atoms with Gasteiger partial charge in [0, 0.05) is 48.7 Å². The standard InChI is InChI=1S/C25H24FN5O3S2/c1-24(12-17(26)4-5-20(24)16-13-29-30(2)15-16)36(33,34)31-11-7-19-18(6-10-27-22(19)31)21-14-28-23(35-21)25(32)8-3-9-25/h4-7,10-15,20,32H,3,8-9H2,1-2H3. The Morgan fingerprint density at radius 1 is 1.22 bits per heavy atom. The quantitative estimate of drug-likeness (QED) is 0.414. The Bertz CT molecular complexity index is 1660. The van der Waals surface area contributed by atoms with E-state index in [0.717, 1.165) is 26.9 Å². The SMILES string of the molecule is Cn1cc(C2C=CC(F)=CC2(C)S(=O)(=O)n2ccc3c(-c4cnc(C5(O)CCC5)s4)ccnc32)cn1. The summed E-state index contributed by atoms with van der Waals surface area (Å²) in [5.41, 5.74) is 0.824. The van der Waals surface area contributed by atoms with Gasteiger partial charge in [0.25, 0.3) is 0 Å². The van der Waals surface area contributed by atoms with E-state index in [0.29, 0.717) is 28.8 Å². The van der Waals surface area contributed by atoms with Gasteiger partial charge in [-0.3, -0.25) is 4.68 Å². The molecule has 4 aromatic heterocycles. The normalized spacial score (nSPS) is 23.6. The summed E-state index contributed by atoms with van der Waals surface area (Å²) in [6.45, 7) is 1.52. The summed E-state index contributed by atoms with van der Waals surface area (Å²) in [6, 6.07) is 3.51. The molecule has 2 aliphatic carbocycles. The van der Waals surface area contributed by atoms with E-state index in [1.54, 1.807) is 48.7 Å². The Labute approximate surface area is 211 Å². The molecule has 0 radical (unpaired) electrons. The summed E-state index contributed by atoms with van der Waals surface area (Å²) in [6.07, 6.45) is 14.4. The number of allylic oxidation sites excluding steroid dienone is 3. The smallest absolute Gasteiger partial charge is 0.250 e. The highest BCUT2D eigenvalue weighted by molar-refractivity contribution is 7.91. The van der Waals surface area contributed by atoms with E-state index in [2.05, 4.69) is 15.1 Å². The number of aryl methyl sites for hydroxylation is 1. The van der Waals surface area contributed by atoms with E-state index in [1.165, 1.54) is 30.5 Å². The molecule has 0 aliphatic heterocycles. The fraction of sp³-hybridized carbons (Fsp3) is 0.320. The van der Waals surface area contributed by atoms with Gasteiger partial charge in [-0.05, 0) is 56.0 Å². The van der Waals surface area contributed by atoms with E-state index >= 15 is 0 Å². The van der Waals surface area contributed by atoms with Gasteiger partial charge >= 0.3 is 0 Å². The minimum Gasteiger partial charge on any atom is -0.383 e. The average molecular weight is 526 g/mol. The van der Waals surface area contributed by atoms with Gasteiger partial charge in [-0.15, -0.1) is 11.3 Å². The Morgan fingerprint density at radius 3 is 2.72 bits per heavy atom. The number of rotatable bonds is 5. The lowest BCUT2D eigenvalue weighted by Crippen LogP contribution is -2.43. The van der Waals surface area contributed by atoms with E-state index < -0.39 is 32.1 Å². The van der Waals surface area contributed by atoms with Crippen LogP contribution in [0.2, 0.25) is 0 Å². The van der Waals surface area contributed by atoms with Crippen molar-refractivity contribution in [3.05, 3.63) is 77.7 Å². The molecular formula is C25H24FN5O3S2. The van der Waals surface area contributed by atoms with Crippen molar-refractivity contribution in [1.29, 1.82) is 0 Å². The minimum atomic E-state index is -4.18. The maximum atomic E-state index is 14.5. The summed E-state index contributed by atoms with van der Waals surface area (Å²) < 4.78 is 43.9. The van der Waals surface area contributed by atoms with Crippen molar-refractivity contribution in [2.45, 2.75) is 42.5 Å². The number of halogens is 1. The number of hydrogen-bond acceptors (Lipinski definition) is 7. The molecule has 0 spiro atoms. The molecule has 36 heavy (non-hydrogen) atoms. The molecule has 8 nitrogen and oxygen atoms in total. The molecule has 1 N–H and O–H groups in total. The Morgan fingerprint density at radius 2 is 2.03 bits per heavy atom. The molecule has 0 amide bonds. The first-order valence-corrected chi connectivity index (χ1v) is 13.8. The molecule has 1 fully saturated rings. The molecule has 0 aromatic carbocycles. The minimum absolute atomic E-state index is 0.249. The third kappa shape index (κ3) is 3.33. The van der Waals surface area contributed by atoms with Gasteiger partial charge in [0.2, 0.25) is 10.0 Å². The third-order valence-electron chi connectivity index (χ3n) is 7.29. The highest BCUT2D eigenvalue weighted by atomic mass is 32.2. The van der Waals surface area contributed by atoms with E-state index in [-0.39, 0.29) is 5.65 Å². The summed E-state index contributed by atoms with van der Waals surface area (Å²) in [7, 11) is -2.43.